The quantitative estimate of drug-likeness (QED) is 0.868. The van der Waals surface area contributed by atoms with Crippen molar-refractivity contribution >= 4 is 10.9 Å². The maximum absolute atomic E-state index is 9.21. The maximum Gasteiger partial charge on any atom is 0.0702 e. The topological polar surface area (TPSA) is 59.1 Å². The Morgan fingerprint density at radius 3 is 2.78 bits per heavy atom. The minimum atomic E-state index is -0.349. The largest absolute Gasteiger partial charge is 0.396 e. The van der Waals surface area contributed by atoms with Gasteiger partial charge in [-0.2, -0.15) is 0 Å². The fourth-order valence-electron chi connectivity index (χ4n) is 2.41. The van der Waals surface area contributed by atoms with E-state index in [9.17, 15) is 5.11 Å². The number of aromatic nitrogens is 1. The molecule has 0 aliphatic carbocycles. The van der Waals surface area contributed by atoms with E-state index in [1.165, 1.54) is 0 Å². The van der Waals surface area contributed by atoms with Gasteiger partial charge in [-0.1, -0.05) is 12.1 Å². The first-order valence-corrected chi connectivity index (χ1v) is 6.27. The second-order valence-electron chi connectivity index (χ2n) is 5.34. The first-order chi connectivity index (χ1) is 8.52. The number of aliphatic hydroxyl groups excluding tert-OH is 1. The lowest BCUT2D eigenvalue weighted by molar-refractivity contribution is 0.250. The average Bonchev–Trinajstić information content (AvgIpc) is 2.34. The third kappa shape index (κ3) is 2.68. The van der Waals surface area contributed by atoms with Gasteiger partial charge in [-0.25, -0.2) is 0 Å². The molecule has 0 fully saturated rings. The molecule has 1 unspecified atom stereocenters. The van der Waals surface area contributed by atoms with E-state index in [4.69, 9.17) is 5.73 Å². The summed E-state index contributed by atoms with van der Waals surface area (Å²) in [4.78, 5) is 4.31. The Morgan fingerprint density at radius 2 is 2.11 bits per heavy atom. The molecular formula is C15H20N2O. The number of nitrogens with two attached hydrogens (primary N) is 1. The van der Waals surface area contributed by atoms with Crippen LogP contribution in [0, 0.1) is 0 Å². The van der Waals surface area contributed by atoms with Crippen molar-refractivity contribution in [3.8, 4) is 0 Å². The maximum atomic E-state index is 9.21. The summed E-state index contributed by atoms with van der Waals surface area (Å²) in [6.07, 6.45) is 2.47. The summed E-state index contributed by atoms with van der Waals surface area (Å²) in [5, 5.41) is 10.3. The number of pyridine rings is 1. The molecule has 0 amide bonds. The van der Waals surface area contributed by atoms with Crippen LogP contribution in [0.5, 0.6) is 0 Å². The zero-order valence-electron chi connectivity index (χ0n) is 10.9. The smallest absolute Gasteiger partial charge is 0.0702 e. The van der Waals surface area contributed by atoms with Crippen LogP contribution in [0.2, 0.25) is 0 Å². The van der Waals surface area contributed by atoms with Gasteiger partial charge >= 0.3 is 0 Å². The van der Waals surface area contributed by atoms with Gasteiger partial charge in [0.15, 0.2) is 0 Å². The van der Waals surface area contributed by atoms with Gasteiger partial charge in [0.2, 0.25) is 0 Å². The molecule has 0 radical (unpaired) electrons. The Balaban J connectivity index is 2.44. The van der Waals surface area contributed by atoms with E-state index < -0.39 is 0 Å². The molecule has 0 bridgehead atoms. The number of rotatable bonds is 4. The van der Waals surface area contributed by atoms with E-state index in [0.717, 1.165) is 16.5 Å². The van der Waals surface area contributed by atoms with Crippen molar-refractivity contribution in [3.63, 3.8) is 0 Å². The molecule has 96 valence electrons. The Kier molecular flexibility index (Phi) is 3.64. The molecule has 3 heteroatoms. The van der Waals surface area contributed by atoms with E-state index in [1.54, 1.807) is 6.20 Å². The predicted molar refractivity (Wildman–Crippen MR) is 74.5 cm³/mol. The van der Waals surface area contributed by atoms with Crippen LogP contribution in [-0.2, 0) is 0 Å². The minimum absolute atomic E-state index is 0.145. The van der Waals surface area contributed by atoms with Gasteiger partial charge in [0.1, 0.15) is 0 Å². The molecule has 0 aliphatic rings. The summed E-state index contributed by atoms with van der Waals surface area (Å²) < 4.78 is 0. The van der Waals surface area contributed by atoms with Gasteiger partial charge in [0.25, 0.3) is 0 Å². The van der Waals surface area contributed by atoms with Crippen molar-refractivity contribution in [3.05, 3.63) is 42.1 Å². The van der Waals surface area contributed by atoms with E-state index in [-0.39, 0.29) is 18.1 Å². The summed E-state index contributed by atoms with van der Waals surface area (Å²) in [6.45, 7) is 4.15. The van der Waals surface area contributed by atoms with Crippen molar-refractivity contribution in [2.75, 3.05) is 6.61 Å². The Morgan fingerprint density at radius 1 is 1.33 bits per heavy atom. The third-order valence-electron chi connectivity index (χ3n) is 3.35. The van der Waals surface area contributed by atoms with Gasteiger partial charge in [-0.15, -0.1) is 0 Å². The Labute approximate surface area is 108 Å². The molecule has 0 saturated carbocycles. The zero-order chi connectivity index (χ0) is 13.2. The van der Waals surface area contributed by atoms with Crippen LogP contribution in [0.4, 0.5) is 0 Å². The fourth-order valence-corrected chi connectivity index (χ4v) is 2.41. The first kappa shape index (κ1) is 13.0. The van der Waals surface area contributed by atoms with Crippen LogP contribution in [0.15, 0.2) is 36.5 Å². The van der Waals surface area contributed by atoms with Crippen molar-refractivity contribution in [2.45, 2.75) is 31.7 Å². The number of hydrogen-bond acceptors (Lipinski definition) is 3. The lowest BCUT2D eigenvalue weighted by atomic mass is 9.80. The molecule has 0 spiro atoms. The van der Waals surface area contributed by atoms with Crippen LogP contribution in [0.1, 0.15) is 31.7 Å². The second-order valence-corrected chi connectivity index (χ2v) is 5.34. The van der Waals surface area contributed by atoms with Gasteiger partial charge in [0, 0.05) is 29.6 Å². The average molecular weight is 244 g/mol. The van der Waals surface area contributed by atoms with Crippen molar-refractivity contribution in [1.29, 1.82) is 0 Å². The monoisotopic (exact) mass is 244 g/mol. The number of aliphatic hydroxyl groups is 1. The van der Waals surface area contributed by atoms with Crippen molar-refractivity contribution in [1.82, 2.24) is 4.98 Å². The second kappa shape index (κ2) is 5.04. The molecule has 0 saturated heterocycles. The molecule has 1 aromatic heterocycles. The molecule has 18 heavy (non-hydrogen) atoms. The minimum Gasteiger partial charge on any atom is -0.396 e. The summed E-state index contributed by atoms with van der Waals surface area (Å²) in [5.41, 5.74) is 8.02. The number of nitrogens with zero attached hydrogens (tertiary/aromatic N) is 1. The third-order valence-corrected chi connectivity index (χ3v) is 3.35. The number of hydrogen-bond donors (Lipinski definition) is 2. The molecule has 2 aromatic rings. The predicted octanol–water partition coefficient (Wildman–Crippen LogP) is 2.44. The normalized spacial score (nSPS) is 13.8. The molecule has 2 rings (SSSR count). The number of benzene rings is 1. The van der Waals surface area contributed by atoms with Crippen LogP contribution in [0.25, 0.3) is 10.9 Å². The molecular weight excluding hydrogens is 224 g/mol. The van der Waals surface area contributed by atoms with Crippen LogP contribution in [0.3, 0.4) is 0 Å². The molecule has 1 aromatic carbocycles. The Bertz CT molecular complexity index is 531. The van der Waals surface area contributed by atoms with Gasteiger partial charge in [0.05, 0.1) is 5.52 Å². The molecule has 1 heterocycles. The van der Waals surface area contributed by atoms with Crippen molar-refractivity contribution in [2.24, 2.45) is 5.73 Å². The molecule has 3 nitrogen and oxygen atoms in total. The van der Waals surface area contributed by atoms with Gasteiger partial charge in [-0.3, -0.25) is 4.98 Å². The number of fused-ring (bicyclic) bond motifs is 1. The van der Waals surface area contributed by atoms with E-state index in [0.29, 0.717) is 6.42 Å². The van der Waals surface area contributed by atoms with Gasteiger partial charge in [-0.05, 0) is 44.0 Å². The highest BCUT2D eigenvalue weighted by atomic mass is 16.3. The molecule has 1 atom stereocenters. The van der Waals surface area contributed by atoms with Crippen LogP contribution in [-0.4, -0.2) is 22.2 Å². The summed E-state index contributed by atoms with van der Waals surface area (Å²) in [6, 6.07) is 10.2. The highest BCUT2D eigenvalue weighted by Crippen LogP contribution is 2.30. The summed E-state index contributed by atoms with van der Waals surface area (Å²) in [5.74, 6) is 0.145. The highest BCUT2D eigenvalue weighted by Gasteiger charge is 2.26. The highest BCUT2D eigenvalue weighted by molar-refractivity contribution is 5.79. The van der Waals surface area contributed by atoms with Crippen molar-refractivity contribution < 1.29 is 5.11 Å². The van der Waals surface area contributed by atoms with Crippen LogP contribution >= 0.6 is 0 Å². The van der Waals surface area contributed by atoms with E-state index in [2.05, 4.69) is 17.1 Å². The summed E-state index contributed by atoms with van der Waals surface area (Å²) in [7, 11) is 0. The zero-order valence-corrected chi connectivity index (χ0v) is 10.9. The van der Waals surface area contributed by atoms with Crippen LogP contribution < -0.4 is 5.73 Å². The SMILES string of the molecule is CC(C)(N)C(CCO)c1ccc2ncccc2c1. The summed E-state index contributed by atoms with van der Waals surface area (Å²) >= 11 is 0. The fraction of sp³-hybridized carbons (Fsp3) is 0.400. The van der Waals surface area contributed by atoms with Gasteiger partial charge < -0.3 is 10.8 Å². The van der Waals surface area contributed by atoms with E-state index in [1.807, 2.05) is 32.0 Å². The Hall–Kier alpha value is -1.45. The standard InChI is InChI=1S/C15H20N2O/c1-15(2,16)13(7-9-18)11-5-6-14-12(10-11)4-3-8-17-14/h3-6,8,10,13,18H,7,9,16H2,1-2H3. The lowest BCUT2D eigenvalue weighted by Gasteiger charge is -2.30. The molecule has 0 aliphatic heterocycles. The first-order valence-electron chi connectivity index (χ1n) is 6.27. The molecule has 3 N–H and O–H groups in total. The lowest BCUT2D eigenvalue weighted by Crippen LogP contribution is -2.39. The van der Waals surface area contributed by atoms with E-state index >= 15 is 0 Å².